The molecule has 0 amide bonds. The summed E-state index contributed by atoms with van der Waals surface area (Å²) in [6.45, 7) is 10.1. The molecule has 1 aliphatic heterocycles. The third-order valence-corrected chi connectivity index (χ3v) is 3.93. The van der Waals surface area contributed by atoms with Crippen LogP contribution in [-0.2, 0) is 4.79 Å². The molecule has 1 saturated heterocycles. The second-order valence-corrected chi connectivity index (χ2v) is 5.95. The number of likely N-dealkylation sites (tertiary alicyclic amines) is 1. The van der Waals surface area contributed by atoms with E-state index in [0.29, 0.717) is 6.54 Å². The molecular weight excluding hydrogens is 202 g/mol. The van der Waals surface area contributed by atoms with Gasteiger partial charge in [0.1, 0.15) is 0 Å². The van der Waals surface area contributed by atoms with Gasteiger partial charge >= 0.3 is 5.97 Å². The summed E-state index contributed by atoms with van der Waals surface area (Å²) in [6, 6.07) is 0. The first-order valence-electron chi connectivity index (χ1n) is 6.30. The third kappa shape index (κ3) is 2.76. The Morgan fingerprint density at radius 2 is 2.12 bits per heavy atom. The molecule has 1 aliphatic rings. The Morgan fingerprint density at radius 3 is 2.50 bits per heavy atom. The molecule has 1 heterocycles. The van der Waals surface area contributed by atoms with Gasteiger partial charge in [-0.25, -0.2) is 0 Å². The summed E-state index contributed by atoms with van der Waals surface area (Å²) in [5.41, 5.74) is -0.416. The first-order chi connectivity index (χ1) is 7.32. The van der Waals surface area contributed by atoms with Crippen LogP contribution in [0.4, 0.5) is 0 Å². The van der Waals surface area contributed by atoms with Gasteiger partial charge in [0.15, 0.2) is 0 Å². The molecule has 0 spiro atoms. The van der Waals surface area contributed by atoms with E-state index in [1.54, 1.807) is 0 Å². The van der Waals surface area contributed by atoms with Crippen LogP contribution in [-0.4, -0.2) is 34.6 Å². The van der Waals surface area contributed by atoms with Crippen molar-refractivity contribution in [2.75, 3.05) is 13.1 Å². The quantitative estimate of drug-likeness (QED) is 0.785. The van der Waals surface area contributed by atoms with Gasteiger partial charge in [-0.05, 0) is 46.6 Å². The molecule has 0 aliphatic carbocycles. The van der Waals surface area contributed by atoms with Crippen molar-refractivity contribution < 1.29 is 9.90 Å². The van der Waals surface area contributed by atoms with Crippen LogP contribution in [0.25, 0.3) is 0 Å². The number of carboxylic acids is 1. The van der Waals surface area contributed by atoms with Crippen LogP contribution < -0.4 is 0 Å². The second-order valence-electron chi connectivity index (χ2n) is 5.95. The summed E-state index contributed by atoms with van der Waals surface area (Å²) >= 11 is 0. The number of carbonyl (C=O) groups is 1. The Kier molecular flexibility index (Phi) is 4.00. The van der Waals surface area contributed by atoms with Gasteiger partial charge in [-0.2, -0.15) is 0 Å². The molecule has 0 saturated carbocycles. The second kappa shape index (κ2) is 4.74. The topological polar surface area (TPSA) is 40.5 Å². The molecule has 94 valence electrons. The zero-order valence-electron chi connectivity index (χ0n) is 11.0. The van der Waals surface area contributed by atoms with E-state index in [1.165, 1.54) is 12.8 Å². The number of aliphatic carboxylic acids is 1. The Labute approximate surface area is 98.8 Å². The van der Waals surface area contributed by atoms with Crippen LogP contribution in [0.15, 0.2) is 0 Å². The molecule has 0 aromatic rings. The maximum Gasteiger partial charge on any atom is 0.310 e. The van der Waals surface area contributed by atoms with E-state index in [1.807, 2.05) is 6.92 Å². The van der Waals surface area contributed by atoms with Crippen LogP contribution in [0.2, 0.25) is 0 Å². The highest BCUT2D eigenvalue weighted by Crippen LogP contribution is 2.34. The molecular formula is C13H25NO2. The molecule has 3 nitrogen and oxygen atoms in total. The van der Waals surface area contributed by atoms with Crippen molar-refractivity contribution in [2.45, 2.75) is 58.9 Å². The molecule has 0 aromatic heterocycles. The number of hydrogen-bond donors (Lipinski definition) is 1. The number of rotatable bonds is 5. The molecule has 1 N–H and O–H groups in total. The van der Waals surface area contributed by atoms with Gasteiger partial charge in [-0.1, -0.05) is 13.3 Å². The Hall–Kier alpha value is -0.570. The lowest BCUT2D eigenvalue weighted by molar-refractivity contribution is -0.150. The normalized spacial score (nSPS) is 24.2. The number of hydrogen-bond acceptors (Lipinski definition) is 2. The van der Waals surface area contributed by atoms with Gasteiger partial charge in [-0.3, -0.25) is 9.69 Å². The zero-order valence-corrected chi connectivity index (χ0v) is 11.0. The first-order valence-corrected chi connectivity index (χ1v) is 6.30. The molecule has 1 unspecified atom stereocenters. The molecule has 0 radical (unpaired) electrons. The van der Waals surface area contributed by atoms with Crippen molar-refractivity contribution in [1.29, 1.82) is 0 Å². The molecule has 1 fully saturated rings. The molecule has 1 atom stereocenters. The lowest BCUT2D eigenvalue weighted by atomic mass is 9.84. The lowest BCUT2D eigenvalue weighted by Gasteiger charge is -2.37. The highest BCUT2D eigenvalue weighted by molar-refractivity contribution is 5.74. The summed E-state index contributed by atoms with van der Waals surface area (Å²) in [7, 11) is 0. The summed E-state index contributed by atoms with van der Waals surface area (Å²) in [5, 5.41) is 9.37. The Morgan fingerprint density at radius 1 is 1.50 bits per heavy atom. The minimum absolute atomic E-state index is 0.171. The van der Waals surface area contributed by atoms with Crippen molar-refractivity contribution >= 4 is 5.97 Å². The minimum atomic E-state index is -0.656. The fourth-order valence-corrected chi connectivity index (χ4v) is 2.68. The van der Waals surface area contributed by atoms with Gasteiger partial charge in [0.2, 0.25) is 0 Å². The zero-order chi connectivity index (χ0) is 12.4. The van der Waals surface area contributed by atoms with Crippen LogP contribution in [0.3, 0.4) is 0 Å². The van der Waals surface area contributed by atoms with E-state index in [4.69, 9.17) is 0 Å². The monoisotopic (exact) mass is 227 g/mol. The van der Waals surface area contributed by atoms with Gasteiger partial charge in [0.05, 0.1) is 5.41 Å². The third-order valence-electron chi connectivity index (χ3n) is 3.93. The summed E-state index contributed by atoms with van der Waals surface area (Å²) in [5.74, 6) is -0.656. The minimum Gasteiger partial charge on any atom is -0.481 e. The largest absolute Gasteiger partial charge is 0.481 e. The van der Waals surface area contributed by atoms with Crippen molar-refractivity contribution in [2.24, 2.45) is 5.41 Å². The maximum atomic E-state index is 11.4. The smallest absolute Gasteiger partial charge is 0.310 e. The molecule has 1 rings (SSSR count). The van der Waals surface area contributed by atoms with Crippen molar-refractivity contribution in [1.82, 2.24) is 4.90 Å². The SMILES string of the molecule is CCCC(C)(CN1CCCC1(C)C)C(=O)O. The van der Waals surface area contributed by atoms with E-state index >= 15 is 0 Å². The highest BCUT2D eigenvalue weighted by atomic mass is 16.4. The predicted octanol–water partition coefficient (Wildman–Crippen LogP) is 2.75. The Balaban J connectivity index is 2.72. The van der Waals surface area contributed by atoms with E-state index < -0.39 is 11.4 Å². The average Bonchev–Trinajstić information content (AvgIpc) is 2.46. The Bertz CT molecular complexity index is 263. The summed E-state index contributed by atoms with van der Waals surface area (Å²) in [6.07, 6.45) is 4.05. The highest BCUT2D eigenvalue weighted by Gasteiger charge is 2.40. The van der Waals surface area contributed by atoms with E-state index in [9.17, 15) is 9.90 Å². The average molecular weight is 227 g/mol. The van der Waals surface area contributed by atoms with Crippen molar-refractivity contribution in [3.63, 3.8) is 0 Å². The first kappa shape index (κ1) is 13.5. The molecule has 3 heteroatoms. The van der Waals surface area contributed by atoms with Crippen molar-refractivity contribution in [3.8, 4) is 0 Å². The van der Waals surface area contributed by atoms with Gasteiger partial charge < -0.3 is 5.11 Å². The fraction of sp³-hybridized carbons (Fsp3) is 0.923. The molecule has 0 bridgehead atoms. The maximum absolute atomic E-state index is 11.4. The standard InChI is InChI=1S/C13H25NO2/c1-5-7-13(4,11(15)16)10-14-9-6-8-12(14,2)3/h5-10H2,1-4H3,(H,15,16). The summed E-state index contributed by atoms with van der Waals surface area (Å²) in [4.78, 5) is 13.7. The van der Waals surface area contributed by atoms with Gasteiger partial charge in [0.25, 0.3) is 0 Å². The number of nitrogens with zero attached hydrogens (tertiary/aromatic N) is 1. The van der Waals surface area contributed by atoms with Gasteiger partial charge in [-0.15, -0.1) is 0 Å². The van der Waals surface area contributed by atoms with E-state index in [0.717, 1.165) is 19.4 Å². The van der Waals surface area contributed by atoms with Crippen molar-refractivity contribution in [3.05, 3.63) is 0 Å². The van der Waals surface area contributed by atoms with E-state index in [2.05, 4.69) is 25.7 Å². The van der Waals surface area contributed by atoms with Crippen LogP contribution in [0, 0.1) is 5.41 Å². The number of carboxylic acid groups (broad SMARTS) is 1. The lowest BCUT2D eigenvalue weighted by Crippen LogP contribution is -2.47. The molecule has 16 heavy (non-hydrogen) atoms. The van der Waals surface area contributed by atoms with Crippen LogP contribution >= 0.6 is 0 Å². The molecule has 0 aromatic carbocycles. The predicted molar refractivity (Wildman–Crippen MR) is 65.5 cm³/mol. The van der Waals surface area contributed by atoms with Crippen LogP contribution in [0.5, 0.6) is 0 Å². The van der Waals surface area contributed by atoms with E-state index in [-0.39, 0.29) is 5.54 Å². The van der Waals surface area contributed by atoms with Gasteiger partial charge in [0, 0.05) is 12.1 Å². The fourth-order valence-electron chi connectivity index (χ4n) is 2.68. The summed E-state index contributed by atoms with van der Waals surface area (Å²) < 4.78 is 0. The van der Waals surface area contributed by atoms with Crippen LogP contribution in [0.1, 0.15) is 53.4 Å².